The molecule has 0 spiro atoms. The number of carbonyl (C=O) groups is 1. The SMILES string of the molecule is N=C(c1cccc(F)c1)c1cc(C(=O)NC(CO)c2ccc(Cl)cc2)ccc1N. The molecule has 1 amide bonds. The molecule has 5 nitrogen and oxygen atoms in total. The summed E-state index contributed by atoms with van der Waals surface area (Å²) in [4.78, 5) is 12.7. The lowest BCUT2D eigenvalue weighted by Gasteiger charge is -2.17. The van der Waals surface area contributed by atoms with E-state index in [1.54, 1.807) is 30.3 Å². The molecule has 7 heteroatoms. The Hall–Kier alpha value is -3.22. The zero-order valence-electron chi connectivity index (χ0n) is 15.3. The first-order valence-electron chi connectivity index (χ1n) is 8.80. The average molecular weight is 412 g/mol. The molecule has 29 heavy (non-hydrogen) atoms. The third-order valence-corrected chi connectivity index (χ3v) is 4.71. The first-order chi connectivity index (χ1) is 13.9. The van der Waals surface area contributed by atoms with Crippen LogP contribution in [0.3, 0.4) is 0 Å². The lowest BCUT2D eigenvalue weighted by Crippen LogP contribution is -2.31. The molecule has 3 aromatic carbocycles. The highest BCUT2D eigenvalue weighted by atomic mass is 35.5. The lowest BCUT2D eigenvalue weighted by atomic mass is 9.98. The monoisotopic (exact) mass is 411 g/mol. The summed E-state index contributed by atoms with van der Waals surface area (Å²) in [5.41, 5.74) is 7.92. The van der Waals surface area contributed by atoms with Crippen LogP contribution in [-0.2, 0) is 0 Å². The maximum absolute atomic E-state index is 13.5. The van der Waals surface area contributed by atoms with Gasteiger partial charge in [0.15, 0.2) is 0 Å². The van der Waals surface area contributed by atoms with E-state index in [2.05, 4.69) is 5.32 Å². The molecule has 5 N–H and O–H groups in total. The van der Waals surface area contributed by atoms with Crippen molar-refractivity contribution >= 4 is 28.9 Å². The molecule has 0 aliphatic carbocycles. The van der Waals surface area contributed by atoms with Gasteiger partial charge < -0.3 is 16.2 Å². The Labute approximate surface area is 172 Å². The summed E-state index contributed by atoms with van der Waals surface area (Å²) in [7, 11) is 0. The Morgan fingerprint density at radius 3 is 2.48 bits per heavy atom. The second kappa shape index (κ2) is 8.86. The maximum Gasteiger partial charge on any atom is 0.251 e. The second-order valence-corrected chi connectivity index (χ2v) is 6.88. The van der Waals surface area contributed by atoms with Crippen LogP contribution in [0.25, 0.3) is 0 Å². The first kappa shape index (κ1) is 20.5. The molecule has 0 fully saturated rings. The van der Waals surface area contributed by atoms with E-state index in [1.807, 2.05) is 0 Å². The Bertz CT molecular complexity index is 1050. The summed E-state index contributed by atoms with van der Waals surface area (Å²) in [5.74, 6) is -0.902. The van der Waals surface area contributed by atoms with Crippen LogP contribution in [0.15, 0.2) is 66.7 Å². The van der Waals surface area contributed by atoms with Crippen molar-refractivity contribution in [1.29, 1.82) is 5.41 Å². The molecular weight excluding hydrogens is 393 g/mol. The van der Waals surface area contributed by atoms with Gasteiger partial charge in [0, 0.05) is 27.4 Å². The summed E-state index contributed by atoms with van der Waals surface area (Å²) < 4.78 is 13.5. The van der Waals surface area contributed by atoms with Gasteiger partial charge in [-0.2, -0.15) is 0 Å². The number of carbonyl (C=O) groups excluding carboxylic acids is 1. The van der Waals surface area contributed by atoms with Gasteiger partial charge in [0.1, 0.15) is 5.82 Å². The fourth-order valence-electron chi connectivity index (χ4n) is 2.88. The highest BCUT2D eigenvalue weighted by Gasteiger charge is 2.17. The summed E-state index contributed by atoms with van der Waals surface area (Å²) >= 11 is 5.88. The predicted molar refractivity (Wildman–Crippen MR) is 112 cm³/mol. The molecular formula is C22H19ClFN3O2. The van der Waals surface area contributed by atoms with Crippen LogP contribution in [0.5, 0.6) is 0 Å². The number of nitrogens with two attached hydrogens (primary N) is 1. The van der Waals surface area contributed by atoms with E-state index in [4.69, 9.17) is 22.7 Å². The van der Waals surface area contributed by atoms with Crippen LogP contribution < -0.4 is 11.1 Å². The van der Waals surface area contributed by atoms with Crippen LogP contribution in [-0.4, -0.2) is 23.3 Å². The van der Waals surface area contributed by atoms with Gasteiger partial charge in [-0.05, 0) is 48.0 Å². The Kier molecular flexibility index (Phi) is 6.26. The number of hydrogen-bond donors (Lipinski definition) is 4. The largest absolute Gasteiger partial charge is 0.398 e. The molecule has 0 bridgehead atoms. The number of nitrogens with one attached hydrogen (secondary N) is 2. The second-order valence-electron chi connectivity index (χ2n) is 6.45. The molecule has 3 rings (SSSR count). The van der Waals surface area contributed by atoms with Gasteiger partial charge in [-0.1, -0.05) is 35.9 Å². The lowest BCUT2D eigenvalue weighted by molar-refractivity contribution is 0.0916. The Morgan fingerprint density at radius 2 is 1.83 bits per heavy atom. The quantitative estimate of drug-likeness (QED) is 0.365. The van der Waals surface area contributed by atoms with Crippen molar-refractivity contribution < 1.29 is 14.3 Å². The fraction of sp³-hybridized carbons (Fsp3) is 0.0909. The summed E-state index contributed by atoms with van der Waals surface area (Å²) in [5, 5.41) is 21.3. The minimum Gasteiger partial charge on any atom is -0.398 e. The molecule has 3 aromatic rings. The molecule has 0 aromatic heterocycles. The average Bonchev–Trinajstić information content (AvgIpc) is 2.72. The number of hydrogen-bond acceptors (Lipinski definition) is 4. The number of rotatable bonds is 6. The van der Waals surface area contributed by atoms with Crippen molar-refractivity contribution in [2.75, 3.05) is 12.3 Å². The maximum atomic E-state index is 13.5. The van der Waals surface area contributed by atoms with Crippen molar-refractivity contribution in [3.63, 3.8) is 0 Å². The number of amides is 1. The minimum atomic E-state index is -0.622. The topological polar surface area (TPSA) is 99.2 Å². The number of anilines is 1. The molecule has 0 saturated heterocycles. The van der Waals surface area contributed by atoms with E-state index in [0.717, 1.165) is 0 Å². The molecule has 0 radical (unpaired) electrons. The number of nitrogen functional groups attached to an aromatic ring is 1. The highest BCUT2D eigenvalue weighted by molar-refractivity contribution is 6.30. The third kappa shape index (κ3) is 4.80. The van der Waals surface area contributed by atoms with E-state index in [0.29, 0.717) is 27.4 Å². The van der Waals surface area contributed by atoms with Crippen molar-refractivity contribution in [3.05, 3.63) is 99.8 Å². The smallest absolute Gasteiger partial charge is 0.251 e. The van der Waals surface area contributed by atoms with Crippen LogP contribution in [0.2, 0.25) is 5.02 Å². The van der Waals surface area contributed by atoms with Gasteiger partial charge in [0.25, 0.3) is 5.91 Å². The number of halogens is 2. The van der Waals surface area contributed by atoms with Crippen molar-refractivity contribution in [2.45, 2.75) is 6.04 Å². The van der Waals surface area contributed by atoms with E-state index in [1.165, 1.54) is 36.4 Å². The van der Waals surface area contributed by atoms with Crippen molar-refractivity contribution in [3.8, 4) is 0 Å². The summed E-state index contributed by atoms with van der Waals surface area (Å²) in [6.45, 7) is -0.297. The summed E-state index contributed by atoms with van der Waals surface area (Å²) in [6, 6.07) is 16.3. The van der Waals surface area contributed by atoms with Crippen LogP contribution >= 0.6 is 11.6 Å². The highest BCUT2D eigenvalue weighted by Crippen LogP contribution is 2.21. The van der Waals surface area contributed by atoms with Crippen LogP contribution in [0.1, 0.15) is 33.1 Å². The molecule has 1 unspecified atom stereocenters. The van der Waals surface area contributed by atoms with E-state index in [9.17, 15) is 14.3 Å². The van der Waals surface area contributed by atoms with E-state index < -0.39 is 17.8 Å². The zero-order valence-corrected chi connectivity index (χ0v) is 16.1. The van der Waals surface area contributed by atoms with Crippen molar-refractivity contribution in [2.24, 2.45) is 0 Å². The minimum absolute atomic E-state index is 0.00746. The molecule has 0 saturated carbocycles. The van der Waals surface area contributed by atoms with Crippen LogP contribution in [0.4, 0.5) is 10.1 Å². The zero-order chi connectivity index (χ0) is 21.0. The third-order valence-electron chi connectivity index (χ3n) is 4.46. The molecule has 148 valence electrons. The van der Waals surface area contributed by atoms with E-state index >= 15 is 0 Å². The molecule has 0 aliphatic heterocycles. The number of benzene rings is 3. The predicted octanol–water partition coefficient (Wildman–Crippen LogP) is 3.94. The van der Waals surface area contributed by atoms with Gasteiger partial charge in [0.05, 0.1) is 18.4 Å². The van der Waals surface area contributed by atoms with Gasteiger partial charge in [-0.3, -0.25) is 10.2 Å². The van der Waals surface area contributed by atoms with Crippen molar-refractivity contribution in [1.82, 2.24) is 5.32 Å². The van der Waals surface area contributed by atoms with E-state index in [-0.39, 0.29) is 17.9 Å². The first-order valence-corrected chi connectivity index (χ1v) is 9.18. The standard InChI is InChI=1S/C22H19ClFN3O2/c23-16-7-4-13(5-8-16)20(12-28)27-22(29)15-6-9-19(25)18(11-15)21(26)14-2-1-3-17(24)10-14/h1-11,20,26,28H,12,25H2,(H,27,29). The Balaban J connectivity index is 1.85. The van der Waals surface area contributed by atoms with Gasteiger partial charge in [0.2, 0.25) is 0 Å². The fourth-order valence-corrected chi connectivity index (χ4v) is 3.01. The summed E-state index contributed by atoms with van der Waals surface area (Å²) in [6.07, 6.45) is 0. The van der Waals surface area contributed by atoms with Crippen LogP contribution in [0, 0.1) is 11.2 Å². The molecule has 0 heterocycles. The normalized spacial score (nSPS) is 11.7. The molecule has 1 atom stereocenters. The number of aliphatic hydroxyl groups excluding tert-OH is 1. The van der Waals surface area contributed by atoms with Gasteiger partial charge >= 0.3 is 0 Å². The van der Waals surface area contributed by atoms with Gasteiger partial charge in [-0.15, -0.1) is 0 Å². The number of aliphatic hydroxyl groups is 1. The molecule has 0 aliphatic rings. The van der Waals surface area contributed by atoms with Gasteiger partial charge in [-0.25, -0.2) is 4.39 Å². The Morgan fingerprint density at radius 1 is 1.10 bits per heavy atom.